The van der Waals surface area contributed by atoms with Crippen molar-refractivity contribution in [1.82, 2.24) is 4.90 Å². The molecule has 1 aliphatic heterocycles. The van der Waals surface area contributed by atoms with E-state index in [1.807, 2.05) is 0 Å². The van der Waals surface area contributed by atoms with Crippen molar-refractivity contribution in [2.45, 2.75) is 25.6 Å². The maximum atomic E-state index is 12.7. The molecule has 2 heterocycles. The average Bonchev–Trinajstić information content (AvgIpc) is 3.19. The Bertz CT molecular complexity index is 811. The Labute approximate surface area is 157 Å². The van der Waals surface area contributed by atoms with E-state index in [2.05, 4.69) is 6.07 Å². The lowest BCUT2D eigenvalue weighted by Gasteiger charge is -2.32. The molecule has 1 N–H and O–H groups in total. The van der Waals surface area contributed by atoms with Gasteiger partial charge in [0.25, 0.3) is 5.91 Å². The van der Waals surface area contributed by atoms with E-state index in [0.717, 1.165) is 12.8 Å². The standard InChI is InChI=1S/C20H22N2O5/c21-12-15-4-1-2-6-18(15)26-14-17-7-8-19(27-17)20(24)22-9-3-5-16(13-22)25-11-10-23/h1-2,4,6-8,16,23H,3,5,9-11,13-14H2/t16-/m0/s1. The SMILES string of the molecule is N#Cc1ccccc1OCc1ccc(C(=O)N2CCC[C@H](OCCO)C2)o1. The molecule has 7 heteroatoms. The molecular formula is C20H22N2O5. The number of benzene rings is 1. The minimum atomic E-state index is -0.184. The number of ether oxygens (including phenoxy) is 2. The van der Waals surface area contributed by atoms with Crippen LogP contribution in [0, 0.1) is 11.3 Å². The Morgan fingerprint density at radius 3 is 3.00 bits per heavy atom. The van der Waals surface area contributed by atoms with Gasteiger partial charge in [0, 0.05) is 13.1 Å². The Morgan fingerprint density at radius 2 is 2.19 bits per heavy atom. The number of amides is 1. The van der Waals surface area contributed by atoms with Crippen molar-refractivity contribution < 1.29 is 23.8 Å². The van der Waals surface area contributed by atoms with Gasteiger partial charge in [-0.2, -0.15) is 5.26 Å². The fourth-order valence-corrected chi connectivity index (χ4v) is 3.04. The summed E-state index contributed by atoms with van der Waals surface area (Å²) in [5, 5.41) is 18.0. The number of nitrogens with zero attached hydrogens (tertiary/aromatic N) is 2. The zero-order valence-corrected chi connectivity index (χ0v) is 15.0. The Hall–Kier alpha value is -2.82. The predicted molar refractivity (Wildman–Crippen MR) is 96.2 cm³/mol. The first-order valence-electron chi connectivity index (χ1n) is 8.93. The molecule has 1 aromatic heterocycles. The number of hydrogen-bond acceptors (Lipinski definition) is 6. The second-order valence-corrected chi connectivity index (χ2v) is 6.27. The summed E-state index contributed by atoms with van der Waals surface area (Å²) in [5.41, 5.74) is 0.447. The summed E-state index contributed by atoms with van der Waals surface area (Å²) in [6, 6.07) is 12.4. The number of hydrogen-bond donors (Lipinski definition) is 1. The minimum Gasteiger partial charge on any atom is -0.484 e. The van der Waals surface area contributed by atoms with Gasteiger partial charge in [-0.25, -0.2) is 0 Å². The number of carbonyl (C=O) groups excluding carboxylic acids is 1. The normalized spacial score (nSPS) is 16.7. The van der Waals surface area contributed by atoms with E-state index < -0.39 is 0 Å². The molecule has 7 nitrogen and oxygen atoms in total. The monoisotopic (exact) mass is 370 g/mol. The number of nitriles is 1. The molecule has 1 aliphatic rings. The Balaban J connectivity index is 1.58. The molecule has 1 fully saturated rings. The van der Waals surface area contributed by atoms with Crippen molar-refractivity contribution in [3.05, 3.63) is 53.5 Å². The van der Waals surface area contributed by atoms with Gasteiger partial charge in [-0.15, -0.1) is 0 Å². The van der Waals surface area contributed by atoms with Crippen LogP contribution >= 0.6 is 0 Å². The van der Waals surface area contributed by atoms with Crippen molar-refractivity contribution >= 4 is 5.91 Å². The fraction of sp³-hybridized carbons (Fsp3) is 0.400. The van der Waals surface area contributed by atoms with Gasteiger partial charge in [0.2, 0.25) is 0 Å². The molecule has 1 aromatic carbocycles. The zero-order chi connectivity index (χ0) is 19.1. The maximum absolute atomic E-state index is 12.7. The number of furan rings is 1. The van der Waals surface area contributed by atoms with E-state index in [9.17, 15) is 4.79 Å². The molecular weight excluding hydrogens is 348 g/mol. The van der Waals surface area contributed by atoms with Crippen LogP contribution in [-0.2, 0) is 11.3 Å². The van der Waals surface area contributed by atoms with E-state index in [4.69, 9.17) is 24.3 Å². The Morgan fingerprint density at radius 1 is 1.33 bits per heavy atom. The third-order valence-electron chi connectivity index (χ3n) is 4.36. The summed E-state index contributed by atoms with van der Waals surface area (Å²) < 4.78 is 16.8. The number of aliphatic hydroxyl groups is 1. The first kappa shape index (κ1) is 19.0. The van der Waals surface area contributed by atoms with E-state index in [1.54, 1.807) is 41.3 Å². The quantitative estimate of drug-likeness (QED) is 0.804. The van der Waals surface area contributed by atoms with Gasteiger partial charge < -0.3 is 23.9 Å². The van der Waals surface area contributed by atoms with E-state index >= 15 is 0 Å². The molecule has 0 spiro atoms. The molecule has 0 radical (unpaired) electrons. The van der Waals surface area contributed by atoms with Crippen LogP contribution in [0.15, 0.2) is 40.8 Å². The first-order chi connectivity index (χ1) is 13.2. The molecule has 0 saturated carbocycles. The van der Waals surface area contributed by atoms with Crippen LogP contribution in [0.4, 0.5) is 0 Å². The number of rotatable bonds is 7. The number of aliphatic hydroxyl groups excluding tert-OH is 1. The van der Waals surface area contributed by atoms with Crippen molar-refractivity contribution in [3.8, 4) is 11.8 Å². The van der Waals surface area contributed by atoms with E-state index in [1.165, 1.54) is 0 Å². The van der Waals surface area contributed by atoms with Crippen LogP contribution < -0.4 is 4.74 Å². The van der Waals surface area contributed by atoms with Gasteiger partial charge in [0.05, 0.1) is 24.9 Å². The third kappa shape index (κ3) is 4.88. The summed E-state index contributed by atoms with van der Waals surface area (Å²) in [4.78, 5) is 14.4. The average molecular weight is 370 g/mol. The maximum Gasteiger partial charge on any atom is 0.289 e. The summed E-state index contributed by atoms with van der Waals surface area (Å²) >= 11 is 0. The lowest BCUT2D eigenvalue weighted by Crippen LogP contribution is -2.43. The highest BCUT2D eigenvalue weighted by molar-refractivity contribution is 5.91. The van der Waals surface area contributed by atoms with E-state index in [0.29, 0.717) is 30.2 Å². The molecule has 3 rings (SSSR count). The molecule has 0 aliphatic carbocycles. The smallest absolute Gasteiger partial charge is 0.289 e. The Kier molecular flexibility index (Phi) is 6.47. The van der Waals surface area contributed by atoms with Gasteiger partial charge >= 0.3 is 0 Å². The third-order valence-corrected chi connectivity index (χ3v) is 4.36. The van der Waals surface area contributed by atoms with Crippen molar-refractivity contribution in [1.29, 1.82) is 5.26 Å². The first-order valence-corrected chi connectivity index (χ1v) is 8.93. The lowest BCUT2D eigenvalue weighted by molar-refractivity contribution is -0.0118. The number of carbonyl (C=O) groups is 1. The molecule has 0 bridgehead atoms. The second kappa shape index (κ2) is 9.21. The van der Waals surface area contributed by atoms with Crippen LogP contribution in [0.1, 0.15) is 34.7 Å². The van der Waals surface area contributed by atoms with Crippen LogP contribution in [-0.4, -0.2) is 48.3 Å². The summed E-state index contributed by atoms with van der Waals surface area (Å²) in [6.07, 6.45) is 1.66. The second-order valence-electron chi connectivity index (χ2n) is 6.27. The van der Waals surface area contributed by atoms with Crippen molar-refractivity contribution in [2.75, 3.05) is 26.3 Å². The largest absolute Gasteiger partial charge is 0.484 e. The highest BCUT2D eigenvalue weighted by Gasteiger charge is 2.26. The molecule has 2 aromatic rings. The highest BCUT2D eigenvalue weighted by Crippen LogP contribution is 2.21. The van der Waals surface area contributed by atoms with Crippen molar-refractivity contribution in [3.63, 3.8) is 0 Å². The molecule has 142 valence electrons. The topological polar surface area (TPSA) is 95.9 Å². The fourth-order valence-electron chi connectivity index (χ4n) is 3.04. The molecule has 1 atom stereocenters. The predicted octanol–water partition coefficient (Wildman–Crippen LogP) is 2.34. The van der Waals surface area contributed by atoms with Crippen LogP contribution in [0.3, 0.4) is 0 Å². The summed E-state index contributed by atoms with van der Waals surface area (Å²) in [5.74, 6) is 1.06. The van der Waals surface area contributed by atoms with Crippen LogP contribution in [0.5, 0.6) is 5.75 Å². The van der Waals surface area contributed by atoms with Gasteiger partial charge in [-0.05, 0) is 37.1 Å². The van der Waals surface area contributed by atoms with Crippen LogP contribution in [0.2, 0.25) is 0 Å². The molecule has 1 saturated heterocycles. The summed E-state index contributed by atoms with van der Waals surface area (Å²) in [7, 11) is 0. The van der Waals surface area contributed by atoms with Gasteiger partial charge in [-0.1, -0.05) is 12.1 Å². The number of piperidine rings is 1. The number of para-hydroxylation sites is 1. The van der Waals surface area contributed by atoms with Gasteiger partial charge in [0.1, 0.15) is 24.2 Å². The molecule has 0 unspecified atom stereocenters. The highest BCUT2D eigenvalue weighted by atomic mass is 16.5. The number of likely N-dealkylation sites (tertiary alicyclic amines) is 1. The zero-order valence-electron chi connectivity index (χ0n) is 15.0. The minimum absolute atomic E-state index is 0.0269. The van der Waals surface area contributed by atoms with E-state index in [-0.39, 0.29) is 37.6 Å². The van der Waals surface area contributed by atoms with Gasteiger partial charge in [-0.3, -0.25) is 4.79 Å². The molecule has 27 heavy (non-hydrogen) atoms. The molecule has 1 amide bonds. The van der Waals surface area contributed by atoms with Gasteiger partial charge in [0.15, 0.2) is 5.76 Å². The summed E-state index contributed by atoms with van der Waals surface area (Å²) in [6.45, 7) is 1.52. The lowest BCUT2D eigenvalue weighted by atomic mass is 10.1. The van der Waals surface area contributed by atoms with Crippen molar-refractivity contribution in [2.24, 2.45) is 0 Å². The van der Waals surface area contributed by atoms with Crippen LogP contribution in [0.25, 0.3) is 0 Å².